The number of fused-ring (bicyclic) bond motifs is 5. The van der Waals surface area contributed by atoms with Crippen LogP contribution in [0.1, 0.15) is 53.1 Å². The van der Waals surface area contributed by atoms with E-state index in [0.29, 0.717) is 24.6 Å². The fourth-order valence-corrected chi connectivity index (χ4v) is 7.13. The topological polar surface area (TPSA) is 49.7 Å². The normalized spacial score (nSPS) is 16.2. The monoisotopic (exact) mass is 526 g/mol. The Morgan fingerprint density at radius 2 is 1.82 bits per heavy atom. The number of benzene rings is 2. The lowest BCUT2D eigenvalue weighted by Gasteiger charge is -2.32. The minimum absolute atomic E-state index is 0.129. The van der Waals surface area contributed by atoms with Crippen molar-refractivity contribution >= 4 is 28.7 Å². The molecule has 2 amide bonds. The lowest BCUT2D eigenvalue weighted by atomic mass is 9.95. The molecule has 0 unspecified atom stereocenters. The van der Waals surface area contributed by atoms with E-state index < -0.39 is 0 Å². The molecule has 1 atom stereocenters. The molecular weight excluding hydrogens is 492 g/mol. The minimum atomic E-state index is -0.237. The van der Waals surface area contributed by atoms with Crippen LogP contribution in [0.5, 0.6) is 5.75 Å². The van der Waals surface area contributed by atoms with Gasteiger partial charge in [0, 0.05) is 36.4 Å². The molecule has 7 heteroatoms. The molecule has 3 heterocycles. The van der Waals surface area contributed by atoms with Crippen LogP contribution in [-0.2, 0) is 19.4 Å². The number of anilines is 2. The van der Waals surface area contributed by atoms with Gasteiger partial charge in [0.2, 0.25) is 0 Å². The molecule has 0 bridgehead atoms. The highest BCUT2D eigenvalue weighted by atomic mass is 32.1. The fourth-order valence-electron chi connectivity index (χ4n) is 5.73. The number of hydrogen-bond donors (Lipinski definition) is 1. The van der Waals surface area contributed by atoms with E-state index in [4.69, 9.17) is 4.74 Å². The molecule has 0 radical (unpaired) electrons. The maximum atomic E-state index is 14.2. The molecule has 0 fully saturated rings. The van der Waals surface area contributed by atoms with Gasteiger partial charge in [0.05, 0.1) is 30.6 Å². The molecule has 6 nitrogen and oxygen atoms in total. The van der Waals surface area contributed by atoms with Gasteiger partial charge in [0.1, 0.15) is 10.8 Å². The summed E-state index contributed by atoms with van der Waals surface area (Å²) in [4.78, 5) is 19.8. The van der Waals surface area contributed by atoms with Gasteiger partial charge in [-0.15, -0.1) is 11.3 Å². The first-order valence-electron chi connectivity index (χ1n) is 13.4. The summed E-state index contributed by atoms with van der Waals surface area (Å²) in [5.41, 5.74) is 6.76. The molecule has 1 N–H and O–H groups in total. The molecule has 196 valence electrons. The Kier molecular flexibility index (Phi) is 6.62. The molecule has 4 aromatic rings. The number of para-hydroxylation sites is 2. The Bertz CT molecular complexity index is 1450. The lowest BCUT2D eigenvalue weighted by molar-refractivity contribution is 0.194. The molecule has 0 spiro atoms. The standard InChI is InChI=1S/C31H34N4O2S/c1-4-37-27-13-7-6-11-25(27)32-31(36)35-20-24-23-10-5-8-14-28(23)38-30(24)34-19-9-12-26(34)29(35)21-15-17-22(18-16-21)33(2)3/h6-7,9,11-13,15-19,29H,4-5,8,10,14,20H2,1-3H3,(H,32,36)/t29-/m0/s1. The van der Waals surface area contributed by atoms with E-state index in [1.165, 1.54) is 33.8 Å². The zero-order valence-corrected chi connectivity index (χ0v) is 23.1. The number of thiophene rings is 1. The number of amides is 2. The average Bonchev–Trinajstić information content (AvgIpc) is 3.52. The van der Waals surface area contributed by atoms with Crippen LogP contribution in [0.4, 0.5) is 16.2 Å². The maximum absolute atomic E-state index is 14.2. The third kappa shape index (κ3) is 4.35. The van der Waals surface area contributed by atoms with Crippen molar-refractivity contribution in [2.24, 2.45) is 0 Å². The number of carbonyl (C=O) groups is 1. The van der Waals surface area contributed by atoms with Gasteiger partial charge in [-0.3, -0.25) is 0 Å². The largest absolute Gasteiger partial charge is 0.492 e. The van der Waals surface area contributed by atoms with Crippen molar-refractivity contribution in [1.82, 2.24) is 9.47 Å². The van der Waals surface area contributed by atoms with Gasteiger partial charge in [-0.2, -0.15) is 0 Å². The number of aromatic nitrogens is 1. The minimum Gasteiger partial charge on any atom is -0.492 e. The van der Waals surface area contributed by atoms with Crippen LogP contribution in [-0.4, -0.2) is 36.2 Å². The molecule has 1 aliphatic heterocycles. The predicted octanol–water partition coefficient (Wildman–Crippen LogP) is 7.02. The SMILES string of the molecule is CCOc1ccccc1NC(=O)N1Cc2c(sc3c2CCCC3)-n2cccc2[C@@H]1c1ccc(N(C)C)cc1. The molecule has 2 aromatic carbocycles. The number of urea groups is 1. The molecule has 0 saturated carbocycles. The summed E-state index contributed by atoms with van der Waals surface area (Å²) in [6.07, 6.45) is 6.82. The van der Waals surface area contributed by atoms with Crippen molar-refractivity contribution < 1.29 is 9.53 Å². The van der Waals surface area contributed by atoms with Crippen LogP contribution < -0.4 is 15.0 Å². The van der Waals surface area contributed by atoms with Gasteiger partial charge in [-0.25, -0.2) is 4.79 Å². The first kappa shape index (κ1) is 24.6. The highest BCUT2D eigenvalue weighted by Gasteiger charge is 2.36. The van der Waals surface area contributed by atoms with Crippen LogP contribution in [0, 0.1) is 0 Å². The third-order valence-corrected chi connectivity index (χ3v) is 8.93. The summed E-state index contributed by atoms with van der Waals surface area (Å²) < 4.78 is 8.14. The molecule has 2 aromatic heterocycles. The van der Waals surface area contributed by atoms with E-state index in [1.807, 2.05) is 61.5 Å². The van der Waals surface area contributed by atoms with Crippen LogP contribution in [0.15, 0.2) is 66.9 Å². The second kappa shape index (κ2) is 10.2. The van der Waals surface area contributed by atoms with E-state index in [-0.39, 0.29) is 12.1 Å². The van der Waals surface area contributed by atoms with Crippen molar-refractivity contribution in [3.63, 3.8) is 0 Å². The van der Waals surface area contributed by atoms with Crippen LogP contribution in [0.3, 0.4) is 0 Å². The van der Waals surface area contributed by atoms with Gasteiger partial charge < -0.3 is 24.4 Å². The Morgan fingerprint density at radius 3 is 2.61 bits per heavy atom. The number of carbonyl (C=O) groups excluding carboxylic acids is 1. The summed E-state index contributed by atoms with van der Waals surface area (Å²) in [5.74, 6) is 0.682. The van der Waals surface area contributed by atoms with Gasteiger partial charge in [0.15, 0.2) is 0 Å². The van der Waals surface area contributed by atoms with Gasteiger partial charge in [-0.05, 0) is 80.1 Å². The quantitative estimate of drug-likeness (QED) is 0.304. The highest BCUT2D eigenvalue weighted by Crippen LogP contribution is 2.44. The van der Waals surface area contributed by atoms with Crippen LogP contribution >= 0.6 is 11.3 Å². The number of ether oxygens (including phenoxy) is 1. The maximum Gasteiger partial charge on any atom is 0.323 e. The summed E-state index contributed by atoms with van der Waals surface area (Å²) >= 11 is 1.91. The van der Waals surface area contributed by atoms with Crippen molar-refractivity contribution in [2.45, 2.75) is 45.2 Å². The summed E-state index contributed by atoms with van der Waals surface area (Å²) in [6.45, 7) is 3.05. The van der Waals surface area contributed by atoms with Crippen molar-refractivity contribution in [2.75, 3.05) is 30.9 Å². The van der Waals surface area contributed by atoms with Gasteiger partial charge >= 0.3 is 6.03 Å². The first-order valence-corrected chi connectivity index (χ1v) is 14.2. The second-order valence-corrected chi connectivity index (χ2v) is 11.3. The summed E-state index contributed by atoms with van der Waals surface area (Å²) in [7, 11) is 4.09. The average molecular weight is 527 g/mol. The second-order valence-electron chi connectivity index (χ2n) is 10.2. The van der Waals surface area contributed by atoms with Crippen molar-refractivity contribution in [3.05, 3.63) is 94.1 Å². The molecule has 1 aliphatic carbocycles. The van der Waals surface area contributed by atoms with E-state index in [9.17, 15) is 4.79 Å². The van der Waals surface area contributed by atoms with Gasteiger partial charge in [-0.1, -0.05) is 24.3 Å². The predicted molar refractivity (Wildman–Crippen MR) is 155 cm³/mol. The highest BCUT2D eigenvalue weighted by molar-refractivity contribution is 7.15. The number of hydrogen-bond acceptors (Lipinski definition) is 4. The molecule has 0 saturated heterocycles. The van der Waals surface area contributed by atoms with Crippen molar-refractivity contribution in [3.8, 4) is 10.8 Å². The number of rotatable bonds is 5. The van der Waals surface area contributed by atoms with Crippen LogP contribution in [0.2, 0.25) is 0 Å². The number of nitrogens with one attached hydrogen (secondary N) is 1. The van der Waals surface area contributed by atoms with Crippen LogP contribution in [0.25, 0.3) is 5.00 Å². The third-order valence-electron chi connectivity index (χ3n) is 7.59. The number of aryl methyl sites for hydroxylation is 1. The van der Waals surface area contributed by atoms with Gasteiger partial charge in [0.25, 0.3) is 0 Å². The molecular formula is C31H34N4O2S. The zero-order valence-electron chi connectivity index (χ0n) is 22.2. The van der Waals surface area contributed by atoms with E-state index in [1.54, 1.807) is 0 Å². The Balaban J connectivity index is 1.47. The van der Waals surface area contributed by atoms with Crippen molar-refractivity contribution in [1.29, 1.82) is 0 Å². The Hall–Kier alpha value is -3.71. The summed E-state index contributed by atoms with van der Waals surface area (Å²) in [5, 5.41) is 4.46. The van der Waals surface area contributed by atoms with E-state index in [2.05, 4.69) is 57.4 Å². The fraction of sp³-hybridized carbons (Fsp3) is 0.323. The molecule has 2 aliphatic rings. The number of nitrogens with zero attached hydrogens (tertiary/aromatic N) is 3. The zero-order chi connectivity index (χ0) is 26.2. The Labute approximate surface area is 228 Å². The molecule has 6 rings (SSSR count). The first-order chi connectivity index (χ1) is 18.5. The summed E-state index contributed by atoms with van der Waals surface area (Å²) in [6, 6.07) is 20.1. The van der Waals surface area contributed by atoms with E-state index >= 15 is 0 Å². The Morgan fingerprint density at radius 1 is 1.03 bits per heavy atom. The van der Waals surface area contributed by atoms with E-state index in [0.717, 1.165) is 29.8 Å². The smallest absolute Gasteiger partial charge is 0.323 e. The lowest BCUT2D eigenvalue weighted by Crippen LogP contribution is -2.38. The molecule has 38 heavy (non-hydrogen) atoms.